The smallest absolute Gasteiger partial charge is 0.239 e. The molecule has 2 amide bonds. The average molecular weight is 250 g/mol. The molecule has 1 saturated heterocycles. The minimum absolute atomic E-state index is 0.0839. The fourth-order valence-electron chi connectivity index (χ4n) is 2.01. The van der Waals surface area contributed by atoms with Gasteiger partial charge < -0.3 is 15.2 Å². The van der Waals surface area contributed by atoms with Crippen molar-refractivity contribution in [3.63, 3.8) is 0 Å². The predicted molar refractivity (Wildman–Crippen MR) is 65.5 cm³/mol. The third-order valence-electron chi connectivity index (χ3n) is 3.01. The number of aromatic nitrogens is 2. The van der Waals surface area contributed by atoms with Crippen molar-refractivity contribution in [2.45, 2.75) is 32.2 Å². The van der Waals surface area contributed by atoms with Gasteiger partial charge in [0.1, 0.15) is 5.82 Å². The fourth-order valence-corrected chi connectivity index (χ4v) is 2.01. The second kappa shape index (κ2) is 6.18. The molecule has 1 aliphatic heterocycles. The highest BCUT2D eigenvalue weighted by Gasteiger charge is 2.18. The summed E-state index contributed by atoms with van der Waals surface area (Å²) in [7, 11) is 0. The maximum absolute atomic E-state index is 11.7. The van der Waals surface area contributed by atoms with Crippen LogP contribution in [0.4, 0.5) is 0 Å². The van der Waals surface area contributed by atoms with Crippen molar-refractivity contribution in [2.75, 3.05) is 13.1 Å². The van der Waals surface area contributed by atoms with E-state index in [9.17, 15) is 9.59 Å². The van der Waals surface area contributed by atoms with Crippen LogP contribution in [-0.4, -0.2) is 39.8 Å². The first kappa shape index (κ1) is 12.6. The van der Waals surface area contributed by atoms with E-state index in [2.05, 4.69) is 15.3 Å². The normalized spacial score (nSPS) is 16.4. The number of carbonyl (C=O) groups excluding carboxylic acids is 2. The fraction of sp³-hybridized carbons (Fsp3) is 0.583. The van der Waals surface area contributed by atoms with E-state index in [0.717, 1.165) is 19.3 Å². The van der Waals surface area contributed by atoms with E-state index in [4.69, 9.17) is 0 Å². The van der Waals surface area contributed by atoms with Gasteiger partial charge in [0.05, 0.1) is 13.1 Å². The number of hydrogen-bond donors (Lipinski definition) is 2. The molecule has 0 atom stereocenters. The summed E-state index contributed by atoms with van der Waals surface area (Å²) in [6.07, 6.45) is 6.89. The molecule has 2 N–H and O–H groups in total. The number of hydrogen-bond acceptors (Lipinski definition) is 3. The average Bonchev–Trinajstić information content (AvgIpc) is 2.80. The van der Waals surface area contributed by atoms with Crippen LogP contribution in [0.1, 0.15) is 31.5 Å². The largest absolute Gasteiger partial charge is 0.347 e. The van der Waals surface area contributed by atoms with Gasteiger partial charge in [0, 0.05) is 25.4 Å². The van der Waals surface area contributed by atoms with Crippen LogP contribution >= 0.6 is 0 Å². The quantitative estimate of drug-likeness (QED) is 0.813. The van der Waals surface area contributed by atoms with E-state index in [-0.39, 0.29) is 18.4 Å². The van der Waals surface area contributed by atoms with Crippen LogP contribution in [-0.2, 0) is 16.1 Å². The van der Waals surface area contributed by atoms with Gasteiger partial charge in [0.15, 0.2) is 0 Å². The maximum Gasteiger partial charge on any atom is 0.239 e. The first-order valence-electron chi connectivity index (χ1n) is 6.28. The minimum Gasteiger partial charge on any atom is -0.347 e. The van der Waals surface area contributed by atoms with Gasteiger partial charge in [-0.25, -0.2) is 4.98 Å². The maximum atomic E-state index is 11.7. The summed E-state index contributed by atoms with van der Waals surface area (Å²) in [4.78, 5) is 32.0. The zero-order valence-corrected chi connectivity index (χ0v) is 10.3. The molecule has 18 heavy (non-hydrogen) atoms. The zero-order valence-electron chi connectivity index (χ0n) is 10.3. The van der Waals surface area contributed by atoms with Crippen LogP contribution in [0, 0.1) is 0 Å². The highest BCUT2D eigenvalue weighted by atomic mass is 16.2. The van der Waals surface area contributed by atoms with Gasteiger partial charge in [-0.05, 0) is 12.8 Å². The van der Waals surface area contributed by atoms with Gasteiger partial charge in [-0.2, -0.15) is 0 Å². The van der Waals surface area contributed by atoms with Crippen molar-refractivity contribution in [1.29, 1.82) is 0 Å². The highest BCUT2D eigenvalue weighted by molar-refractivity contribution is 5.84. The first-order chi connectivity index (χ1) is 8.75. The molecular formula is C12H18N4O2. The van der Waals surface area contributed by atoms with Crippen LogP contribution in [0.25, 0.3) is 0 Å². The summed E-state index contributed by atoms with van der Waals surface area (Å²) in [5.41, 5.74) is 0. The lowest BCUT2D eigenvalue weighted by atomic mass is 10.2. The molecule has 6 nitrogen and oxygen atoms in total. The standard InChI is InChI=1S/C12H18N4O2/c17-11(15-8-10-13-5-6-14-10)9-16-7-3-1-2-4-12(16)18/h5-6H,1-4,7-9H2,(H,13,14)(H,15,17). The Bertz CT molecular complexity index is 402. The lowest BCUT2D eigenvalue weighted by Gasteiger charge is -2.19. The van der Waals surface area contributed by atoms with E-state index in [1.165, 1.54) is 0 Å². The Labute approximate surface area is 106 Å². The van der Waals surface area contributed by atoms with Gasteiger partial charge in [-0.3, -0.25) is 9.59 Å². The van der Waals surface area contributed by atoms with E-state index >= 15 is 0 Å². The molecule has 2 heterocycles. The third kappa shape index (κ3) is 3.58. The number of carbonyl (C=O) groups is 2. The highest BCUT2D eigenvalue weighted by Crippen LogP contribution is 2.10. The molecule has 0 aliphatic carbocycles. The molecule has 0 unspecified atom stereocenters. The molecule has 98 valence electrons. The molecule has 1 aromatic rings. The molecule has 2 rings (SSSR count). The monoisotopic (exact) mass is 250 g/mol. The van der Waals surface area contributed by atoms with Crippen molar-refractivity contribution >= 4 is 11.8 Å². The Balaban J connectivity index is 1.77. The molecule has 0 saturated carbocycles. The number of H-pyrrole nitrogens is 1. The Morgan fingerprint density at radius 1 is 1.44 bits per heavy atom. The third-order valence-corrected chi connectivity index (χ3v) is 3.01. The molecule has 1 fully saturated rings. The molecular weight excluding hydrogens is 232 g/mol. The number of imidazole rings is 1. The molecule has 0 aromatic carbocycles. The van der Waals surface area contributed by atoms with Crippen molar-refractivity contribution in [3.05, 3.63) is 18.2 Å². The number of amides is 2. The SMILES string of the molecule is O=C(CN1CCCCCC1=O)NCc1ncc[nH]1. The van der Waals surface area contributed by atoms with E-state index in [0.29, 0.717) is 25.3 Å². The minimum atomic E-state index is -0.137. The van der Waals surface area contributed by atoms with E-state index in [1.54, 1.807) is 17.3 Å². The topological polar surface area (TPSA) is 78.1 Å². The molecule has 6 heteroatoms. The number of nitrogens with one attached hydrogen (secondary N) is 2. The van der Waals surface area contributed by atoms with Crippen LogP contribution in [0.5, 0.6) is 0 Å². The summed E-state index contributed by atoms with van der Waals surface area (Å²) in [5.74, 6) is 0.660. The summed E-state index contributed by atoms with van der Waals surface area (Å²) >= 11 is 0. The van der Waals surface area contributed by atoms with Crippen molar-refractivity contribution in [2.24, 2.45) is 0 Å². The summed E-state index contributed by atoms with van der Waals surface area (Å²) < 4.78 is 0. The van der Waals surface area contributed by atoms with E-state index in [1.807, 2.05) is 0 Å². The summed E-state index contributed by atoms with van der Waals surface area (Å²) in [6, 6.07) is 0. The van der Waals surface area contributed by atoms with Crippen molar-refractivity contribution < 1.29 is 9.59 Å². The predicted octanol–water partition coefficient (Wildman–Crippen LogP) is 0.428. The van der Waals surface area contributed by atoms with E-state index < -0.39 is 0 Å². The van der Waals surface area contributed by atoms with Gasteiger partial charge in [0.25, 0.3) is 0 Å². The van der Waals surface area contributed by atoms with Gasteiger partial charge in [0.2, 0.25) is 11.8 Å². The second-order valence-electron chi connectivity index (χ2n) is 4.44. The number of rotatable bonds is 4. The molecule has 0 bridgehead atoms. The van der Waals surface area contributed by atoms with Crippen molar-refractivity contribution in [3.8, 4) is 0 Å². The second-order valence-corrected chi connectivity index (χ2v) is 4.44. The van der Waals surface area contributed by atoms with Crippen molar-refractivity contribution in [1.82, 2.24) is 20.2 Å². The Morgan fingerprint density at radius 2 is 2.33 bits per heavy atom. The summed E-state index contributed by atoms with van der Waals surface area (Å²) in [6.45, 7) is 1.21. The lowest BCUT2D eigenvalue weighted by Crippen LogP contribution is -2.40. The number of likely N-dealkylation sites (tertiary alicyclic amines) is 1. The molecule has 0 radical (unpaired) electrons. The van der Waals surface area contributed by atoms with Crippen LogP contribution < -0.4 is 5.32 Å². The van der Waals surface area contributed by atoms with Gasteiger partial charge in [-0.1, -0.05) is 6.42 Å². The Kier molecular flexibility index (Phi) is 4.33. The Morgan fingerprint density at radius 3 is 3.11 bits per heavy atom. The zero-order chi connectivity index (χ0) is 12.8. The number of aromatic amines is 1. The number of nitrogens with zero attached hydrogens (tertiary/aromatic N) is 2. The van der Waals surface area contributed by atoms with Crippen LogP contribution in [0.15, 0.2) is 12.4 Å². The van der Waals surface area contributed by atoms with Crippen LogP contribution in [0.2, 0.25) is 0 Å². The molecule has 0 spiro atoms. The lowest BCUT2D eigenvalue weighted by molar-refractivity contribution is -0.135. The van der Waals surface area contributed by atoms with Gasteiger partial charge in [-0.15, -0.1) is 0 Å². The molecule has 1 aliphatic rings. The first-order valence-corrected chi connectivity index (χ1v) is 6.28. The molecule has 1 aromatic heterocycles. The Hall–Kier alpha value is -1.85. The van der Waals surface area contributed by atoms with Crippen LogP contribution in [0.3, 0.4) is 0 Å². The van der Waals surface area contributed by atoms with Gasteiger partial charge >= 0.3 is 0 Å². The summed E-state index contributed by atoms with van der Waals surface area (Å²) in [5, 5.41) is 2.75.